The van der Waals surface area contributed by atoms with Crippen molar-refractivity contribution in [2.45, 2.75) is 25.7 Å². The summed E-state index contributed by atoms with van der Waals surface area (Å²) in [6.07, 6.45) is 3.99. The van der Waals surface area contributed by atoms with Gasteiger partial charge in [-0.15, -0.1) is 11.3 Å². The van der Waals surface area contributed by atoms with Gasteiger partial charge in [0.25, 0.3) is 0 Å². The molecular formula is C19H23N3O2S. The van der Waals surface area contributed by atoms with Gasteiger partial charge in [-0.1, -0.05) is 12.5 Å². The highest BCUT2D eigenvalue weighted by molar-refractivity contribution is 7.10. The van der Waals surface area contributed by atoms with Gasteiger partial charge in [0.15, 0.2) is 0 Å². The van der Waals surface area contributed by atoms with Gasteiger partial charge in [0.1, 0.15) is 0 Å². The van der Waals surface area contributed by atoms with Crippen molar-refractivity contribution in [2.75, 3.05) is 30.3 Å². The zero-order valence-corrected chi connectivity index (χ0v) is 15.0. The third-order valence-electron chi connectivity index (χ3n) is 4.18. The molecule has 2 heterocycles. The molecule has 2 N–H and O–H groups in total. The molecule has 5 nitrogen and oxygen atoms in total. The predicted octanol–water partition coefficient (Wildman–Crippen LogP) is 3.35. The van der Waals surface area contributed by atoms with E-state index in [9.17, 15) is 9.59 Å². The van der Waals surface area contributed by atoms with E-state index in [1.165, 1.54) is 19.3 Å². The Morgan fingerprint density at radius 3 is 2.16 bits per heavy atom. The van der Waals surface area contributed by atoms with Crippen LogP contribution in [0.1, 0.15) is 24.1 Å². The van der Waals surface area contributed by atoms with E-state index in [2.05, 4.69) is 15.5 Å². The van der Waals surface area contributed by atoms with Crippen molar-refractivity contribution in [3.63, 3.8) is 0 Å². The lowest BCUT2D eigenvalue weighted by molar-refractivity contribution is -0.117. The van der Waals surface area contributed by atoms with Crippen molar-refractivity contribution in [3.05, 3.63) is 46.7 Å². The van der Waals surface area contributed by atoms with Crippen LogP contribution >= 0.6 is 11.3 Å². The minimum Gasteiger partial charge on any atom is -0.326 e. The number of hydrogen-bond donors (Lipinski definition) is 2. The van der Waals surface area contributed by atoms with Gasteiger partial charge in [0.05, 0.1) is 13.0 Å². The molecule has 1 aromatic heterocycles. The Morgan fingerprint density at radius 1 is 0.920 bits per heavy atom. The molecular weight excluding hydrogens is 334 g/mol. The monoisotopic (exact) mass is 357 g/mol. The Balaban J connectivity index is 1.46. The lowest BCUT2D eigenvalue weighted by Gasteiger charge is -2.25. The summed E-state index contributed by atoms with van der Waals surface area (Å²) in [4.78, 5) is 27.3. The average molecular weight is 357 g/mol. The first-order valence-electron chi connectivity index (χ1n) is 8.63. The highest BCUT2D eigenvalue weighted by Crippen LogP contribution is 2.16. The van der Waals surface area contributed by atoms with Crippen molar-refractivity contribution in [2.24, 2.45) is 0 Å². The topological polar surface area (TPSA) is 61.4 Å². The molecule has 0 atom stereocenters. The summed E-state index contributed by atoms with van der Waals surface area (Å²) < 4.78 is 0. The van der Waals surface area contributed by atoms with Crippen LogP contribution in [-0.2, 0) is 16.0 Å². The molecule has 1 aromatic carbocycles. The fraction of sp³-hybridized carbons (Fsp3) is 0.368. The maximum Gasteiger partial charge on any atom is 0.238 e. The van der Waals surface area contributed by atoms with Crippen molar-refractivity contribution < 1.29 is 9.59 Å². The van der Waals surface area contributed by atoms with Gasteiger partial charge in [-0.3, -0.25) is 14.5 Å². The second-order valence-corrected chi connectivity index (χ2v) is 7.30. The smallest absolute Gasteiger partial charge is 0.238 e. The number of hydrogen-bond acceptors (Lipinski definition) is 4. The third-order valence-corrected chi connectivity index (χ3v) is 5.06. The molecule has 0 saturated carbocycles. The maximum atomic E-state index is 12.1. The number of anilines is 2. The third kappa shape index (κ3) is 5.69. The van der Waals surface area contributed by atoms with Crippen molar-refractivity contribution in [3.8, 4) is 0 Å². The normalized spacial score (nSPS) is 14.9. The molecule has 6 heteroatoms. The molecule has 1 aliphatic rings. The molecule has 1 saturated heterocycles. The molecule has 2 amide bonds. The van der Waals surface area contributed by atoms with E-state index in [0.717, 1.165) is 29.3 Å². The highest BCUT2D eigenvalue weighted by atomic mass is 32.1. The second-order valence-electron chi connectivity index (χ2n) is 6.27. The fourth-order valence-corrected chi connectivity index (χ4v) is 3.64. The molecule has 0 unspecified atom stereocenters. The van der Waals surface area contributed by atoms with Gasteiger partial charge in [0, 0.05) is 16.3 Å². The SMILES string of the molecule is O=C(Cc1cccs1)Nc1ccc(NC(=O)CN2CCCCC2)cc1. The Bertz CT molecular complexity index is 692. The number of rotatable bonds is 6. The second kappa shape index (κ2) is 8.78. The van der Waals surface area contributed by atoms with Gasteiger partial charge in [-0.2, -0.15) is 0 Å². The summed E-state index contributed by atoms with van der Waals surface area (Å²) in [5, 5.41) is 7.75. The van der Waals surface area contributed by atoms with Gasteiger partial charge in [-0.25, -0.2) is 0 Å². The van der Waals surface area contributed by atoms with Crippen LogP contribution in [0.5, 0.6) is 0 Å². The van der Waals surface area contributed by atoms with Gasteiger partial charge >= 0.3 is 0 Å². The van der Waals surface area contributed by atoms with E-state index in [0.29, 0.717) is 13.0 Å². The lowest BCUT2D eigenvalue weighted by atomic mass is 10.1. The number of thiophene rings is 1. The van der Waals surface area contributed by atoms with E-state index >= 15 is 0 Å². The molecule has 1 aliphatic heterocycles. The van der Waals surface area contributed by atoms with Gasteiger partial charge < -0.3 is 10.6 Å². The number of nitrogens with zero attached hydrogens (tertiary/aromatic N) is 1. The van der Waals surface area contributed by atoms with Crippen LogP contribution in [0, 0.1) is 0 Å². The molecule has 3 rings (SSSR count). The summed E-state index contributed by atoms with van der Waals surface area (Å²) >= 11 is 1.57. The number of carbonyl (C=O) groups is 2. The van der Waals surface area contributed by atoms with E-state index in [-0.39, 0.29) is 11.8 Å². The van der Waals surface area contributed by atoms with Crippen LogP contribution in [0.2, 0.25) is 0 Å². The minimum absolute atomic E-state index is 0.0105. The summed E-state index contributed by atoms with van der Waals surface area (Å²) in [6.45, 7) is 2.45. The predicted molar refractivity (Wildman–Crippen MR) is 102 cm³/mol. The summed E-state index contributed by atoms with van der Waals surface area (Å²) in [5.74, 6) is -0.0271. The molecule has 0 aliphatic carbocycles. The number of likely N-dealkylation sites (tertiary alicyclic amines) is 1. The number of piperidine rings is 1. The number of amides is 2. The zero-order chi connectivity index (χ0) is 17.5. The lowest BCUT2D eigenvalue weighted by Crippen LogP contribution is -2.36. The van der Waals surface area contributed by atoms with E-state index in [1.807, 2.05) is 41.8 Å². The Labute approximate surface area is 152 Å². The molecule has 0 radical (unpaired) electrons. The van der Waals surface area contributed by atoms with Crippen LogP contribution < -0.4 is 10.6 Å². The van der Waals surface area contributed by atoms with Crippen LogP contribution in [0.25, 0.3) is 0 Å². The zero-order valence-electron chi connectivity index (χ0n) is 14.2. The Hall–Kier alpha value is -2.18. The quantitative estimate of drug-likeness (QED) is 0.833. The molecule has 132 valence electrons. The Morgan fingerprint density at radius 2 is 1.56 bits per heavy atom. The summed E-state index contributed by atoms with van der Waals surface area (Å²) in [5.41, 5.74) is 1.48. The summed E-state index contributed by atoms with van der Waals surface area (Å²) in [7, 11) is 0. The van der Waals surface area contributed by atoms with Crippen molar-refractivity contribution >= 4 is 34.5 Å². The van der Waals surface area contributed by atoms with Crippen molar-refractivity contribution in [1.82, 2.24) is 4.90 Å². The van der Waals surface area contributed by atoms with E-state index < -0.39 is 0 Å². The van der Waals surface area contributed by atoms with Crippen LogP contribution in [0.15, 0.2) is 41.8 Å². The summed E-state index contributed by atoms with van der Waals surface area (Å²) in [6, 6.07) is 11.1. The van der Waals surface area contributed by atoms with Crippen molar-refractivity contribution in [1.29, 1.82) is 0 Å². The standard InChI is InChI=1S/C19H23N3O2S/c23-18(13-17-5-4-12-25-17)20-15-6-8-16(9-7-15)21-19(24)14-22-10-2-1-3-11-22/h4-9,12H,1-3,10-11,13-14H2,(H,20,23)(H,21,24). The molecule has 25 heavy (non-hydrogen) atoms. The molecule has 2 aromatic rings. The largest absolute Gasteiger partial charge is 0.326 e. The van der Waals surface area contributed by atoms with Crippen LogP contribution in [0.3, 0.4) is 0 Å². The van der Waals surface area contributed by atoms with E-state index in [1.54, 1.807) is 11.3 Å². The van der Waals surface area contributed by atoms with Gasteiger partial charge in [-0.05, 0) is 61.6 Å². The van der Waals surface area contributed by atoms with Gasteiger partial charge in [0.2, 0.25) is 11.8 Å². The molecule has 0 spiro atoms. The fourth-order valence-electron chi connectivity index (χ4n) is 2.93. The highest BCUT2D eigenvalue weighted by Gasteiger charge is 2.13. The Kier molecular flexibility index (Phi) is 6.19. The first kappa shape index (κ1) is 17.6. The number of nitrogens with one attached hydrogen (secondary N) is 2. The van der Waals surface area contributed by atoms with E-state index in [4.69, 9.17) is 0 Å². The average Bonchev–Trinajstić information content (AvgIpc) is 3.10. The van der Waals surface area contributed by atoms with Crippen LogP contribution in [-0.4, -0.2) is 36.3 Å². The molecule has 0 bridgehead atoms. The van der Waals surface area contributed by atoms with Crippen LogP contribution in [0.4, 0.5) is 11.4 Å². The first-order chi connectivity index (χ1) is 12.2. The minimum atomic E-state index is -0.0377. The number of benzene rings is 1. The number of carbonyl (C=O) groups excluding carboxylic acids is 2. The first-order valence-corrected chi connectivity index (χ1v) is 9.51. The molecule has 1 fully saturated rings. The maximum absolute atomic E-state index is 12.1.